The fourth-order valence-corrected chi connectivity index (χ4v) is 11.6. The third kappa shape index (κ3) is 3.87. The third-order valence-corrected chi connectivity index (χ3v) is 13.8. The standard InChI is InChI=1S/C54H29N3S/c1-2-13-32(14-3-1)48-49(56-51-40-23-9-16-31-15-8-22-39(44(31)40)50(51)55-48)37-21-11-25-42-35(37)28-26-33-17-10-24-41-47-53(57(42)52(33)41)38-20-7-6-19-36(38)46-45-34-18-5-4-12-30(34)27-29-43(45)58-54(46)47/h1-29H. The molecule has 2 aliphatic rings. The van der Waals surface area contributed by atoms with Gasteiger partial charge in [0.2, 0.25) is 0 Å². The SMILES string of the molecule is C1=Cc2cccc3c4c5sc6ccc7ccccc7c6c5c5ccccc5c4n(c23)-c2cccc(-c3nc4c(nc3-c3ccccc3)-c3cccc5cccc-4c35)c21. The molecule has 3 aromatic heterocycles. The van der Waals surface area contributed by atoms with E-state index in [1.54, 1.807) is 0 Å². The lowest BCUT2D eigenvalue weighted by Gasteiger charge is -2.18. The molecule has 0 atom stereocenters. The summed E-state index contributed by atoms with van der Waals surface area (Å²) in [5, 5.41) is 12.9. The van der Waals surface area contributed by atoms with Crippen LogP contribution in [0.3, 0.4) is 0 Å². The van der Waals surface area contributed by atoms with Gasteiger partial charge < -0.3 is 4.57 Å². The van der Waals surface area contributed by atoms with E-state index in [1.807, 2.05) is 11.3 Å². The Kier molecular flexibility index (Phi) is 5.91. The second-order valence-corrected chi connectivity index (χ2v) is 16.6. The van der Waals surface area contributed by atoms with Gasteiger partial charge in [-0.05, 0) is 39.2 Å². The highest BCUT2D eigenvalue weighted by Crippen LogP contribution is 2.52. The van der Waals surface area contributed by atoms with E-state index in [1.165, 1.54) is 79.9 Å². The maximum absolute atomic E-state index is 5.66. The summed E-state index contributed by atoms with van der Waals surface area (Å²) >= 11 is 1.93. The molecule has 0 bridgehead atoms. The number of hydrogen-bond acceptors (Lipinski definition) is 3. The van der Waals surface area contributed by atoms with E-state index in [0.717, 1.165) is 56.3 Å². The normalized spacial score (nSPS) is 12.8. The average molecular weight is 752 g/mol. The Balaban J connectivity index is 1.12. The van der Waals surface area contributed by atoms with Gasteiger partial charge in [-0.2, -0.15) is 0 Å². The average Bonchev–Trinajstić information content (AvgIpc) is 3.91. The van der Waals surface area contributed by atoms with Gasteiger partial charge in [0.15, 0.2) is 0 Å². The monoisotopic (exact) mass is 751 g/mol. The van der Waals surface area contributed by atoms with E-state index >= 15 is 0 Å². The van der Waals surface area contributed by atoms with Crippen molar-refractivity contribution in [1.82, 2.24) is 14.5 Å². The number of rotatable bonds is 2. The highest BCUT2D eigenvalue weighted by atomic mass is 32.1. The molecular formula is C54H29N3S. The molecule has 0 unspecified atom stereocenters. The molecule has 1 aliphatic carbocycles. The second kappa shape index (κ2) is 11.1. The van der Waals surface area contributed by atoms with Crippen LogP contribution in [0.15, 0.2) is 164 Å². The summed E-state index contributed by atoms with van der Waals surface area (Å²) in [4.78, 5) is 11.2. The van der Waals surface area contributed by atoms with Crippen molar-refractivity contribution in [2.75, 3.05) is 0 Å². The van der Waals surface area contributed by atoms with Gasteiger partial charge in [0.05, 0.1) is 39.5 Å². The quantitative estimate of drug-likeness (QED) is 0.176. The van der Waals surface area contributed by atoms with Gasteiger partial charge in [0.1, 0.15) is 0 Å². The molecule has 0 saturated heterocycles. The van der Waals surface area contributed by atoms with Crippen LogP contribution in [-0.4, -0.2) is 14.5 Å². The van der Waals surface area contributed by atoms with Gasteiger partial charge in [-0.3, -0.25) is 0 Å². The number of fused-ring (bicyclic) bond motifs is 17. The van der Waals surface area contributed by atoms with Crippen LogP contribution in [-0.2, 0) is 0 Å². The van der Waals surface area contributed by atoms with Gasteiger partial charge in [-0.15, -0.1) is 11.3 Å². The van der Waals surface area contributed by atoms with Crippen molar-refractivity contribution in [3.8, 4) is 50.7 Å². The van der Waals surface area contributed by atoms with Gasteiger partial charge in [0.25, 0.3) is 0 Å². The van der Waals surface area contributed by atoms with Crippen LogP contribution in [0.5, 0.6) is 0 Å². The van der Waals surface area contributed by atoms with Crippen LogP contribution in [0.2, 0.25) is 0 Å². The van der Waals surface area contributed by atoms with Gasteiger partial charge in [-0.25, -0.2) is 9.97 Å². The molecular weight excluding hydrogens is 723 g/mol. The molecule has 0 spiro atoms. The fraction of sp³-hybridized carbons (Fsp3) is 0. The summed E-state index contributed by atoms with van der Waals surface area (Å²) < 4.78 is 5.22. The maximum atomic E-state index is 5.66. The summed E-state index contributed by atoms with van der Waals surface area (Å²) in [6, 6.07) is 59.6. The highest BCUT2D eigenvalue weighted by Gasteiger charge is 2.30. The molecule has 4 heteroatoms. The lowest BCUT2D eigenvalue weighted by atomic mass is 9.95. The first-order valence-corrected chi connectivity index (χ1v) is 20.7. The van der Waals surface area contributed by atoms with Crippen molar-refractivity contribution < 1.29 is 0 Å². The molecule has 0 saturated carbocycles. The number of benzene rings is 9. The molecule has 0 radical (unpaired) electrons. The molecule has 4 heterocycles. The second-order valence-electron chi connectivity index (χ2n) is 15.6. The lowest BCUT2D eigenvalue weighted by Crippen LogP contribution is -2.02. The van der Waals surface area contributed by atoms with E-state index in [0.29, 0.717) is 0 Å². The topological polar surface area (TPSA) is 30.7 Å². The summed E-state index contributed by atoms with van der Waals surface area (Å²) in [5.74, 6) is 0. The minimum Gasteiger partial charge on any atom is -0.307 e. The van der Waals surface area contributed by atoms with Crippen molar-refractivity contribution >= 4 is 97.8 Å². The Morgan fingerprint density at radius 2 is 1.05 bits per heavy atom. The first kappa shape index (κ1) is 30.8. The Bertz CT molecular complexity index is 3840. The van der Waals surface area contributed by atoms with Crippen molar-refractivity contribution in [2.45, 2.75) is 0 Å². The smallest absolute Gasteiger partial charge is 0.0980 e. The molecule has 0 fully saturated rings. The molecule has 3 nitrogen and oxygen atoms in total. The number of hydrogen-bond donors (Lipinski definition) is 0. The largest absolute Gasteiger partial charge is 0.307 e. The van der Waals surface area contributed by atoms with Gasteiger partial charge >= 0.3 is 0 Å². The zero-order valence-corrected chi connectivity index (χ0v) is 31.8. The summed E-state index contributed by atoms with van der Waals surface area (Å²) in [5.41, 5.74) is 14.0. The predicted molar refractivity (Wildman–Crippen MR) is 246 cm³/mol. The number of aromatic nitrogens is 3. The Morgan fingerprint density at radius 1 is 0.397 bits per heavy atom. The van der Waals surface area contributed by atoms with Crippen LogP contribution < -0.4 is 0 Å². The molecule has 266 valence electrons. The summed E-state index contributed by atoms with van der Waals surface area (Å²) in [7, 11) is 0. The summed E-state index contributed by atoms with van der Waals surface area (Å²) in [6.45, 7) is 0. The Hall–Kier alpha value is -7.40. The van der Waals surface area contributed by atoms with Crippen molar-refractivity contribution in [1.29, 1.82) is 0 Å². The zero-order chi connectivity index (χ0) is 37.6. The Morgan fingerprint density at radius 3 is 1.90 bits per heavy atom. The van der Waals surface area contributed by atoms with Crippen LogP contribution in [0, 0.1) is 0 Å². The van der Waals surface area contributed by atoms with Crippen molar-refractivity contribution in [3.63, 3.8) is 0 Å². The van der Waals surface area contributed by atoms with Crippen molar-refractivity contribution in [2.24, 2.45) is 0 Å². The molecule has 0 N–H and O–H groups in total. The van der Waals surface area contributed by atoms with E-state index in [-0.39, 0.29) is 0 Å². The van der Waals surface area contributed by atoms with Crippen LogP contribution in [0.1, 0.15) is 11.1 Å². The predicted octanol–water partition coefficient (Wildman–Crippen LogP) is 14.9. The van der Waals surface area contributed by atoms with Crippen LogP contribution in [0.4, 0.5) is 0 Å². The molecule has 58 heavy (non-hydrogen) atoms. The van der Waals surface area contributed by atoms with E-state index in [4.69, 9.17) is 9.97 Å². The first-order chi connectivity index (χ1) is 28.8. The highest BCUT2D eigenvalue weighted by molar-refractivity contribution is 7.27. The van der Waals surface area contributed by atoms with E-state index in [2.05, 4.69) is 181 Å². The fourth-order valence-electron chi connectivity index (χ4n) is 10.3. The number of para-hydroxylation sites is 1. The van der Waals surface area contributed by atoms with Crippen LogP contribution in [0.25, 0.3) is 137 Å². The minimum atomic E-state index is 0.888. The molecule has 9 aromatic carbocycles. The minimum absolute atomic E-state index is 0.888. The van der Waals surface area contributed by atoms with E-state index in [9.17, 15) is 0 Å². The molecule has 14 rings (SSSR count). The van der Waals surface area contributed by atoms with Crippen LogP contribution >= 0.6 is 11.3 Å². The maximum Gasteiger partial charge on any atom is 0.0980 e. The third-order valence-electron chi connectivity index (χ3n) is 12.6. The zero-order valence-electron chi connectivity index (χ0n) is 31.0. The van der Waals surface area contributed by atoms with Gasteiger partial charge in [-0.1, -0.05) is 164 Å². The number of thiophene rings is 1. The van der Waals surface area contributed by atoms with Gasteiger partial charge in [0, 0.05) is 69.5 Å². The first-order valence-electron chi connectivity index (χ1n) is 19.8. The van der Waals surface area contributed by atoms with Crippen molar-refractivity contribution in [3.05, 3.63) is 175 Å². The lowest BCUT2D eigenvalue weighted by molar-refractivity contribution is 1.17. The Labute approximate surface area is 336 Å². The molecule has 1 aliphatic heterocycles. The number of nitrogens with zero attached hydrogens (tertiary/aromatic N) is 3. The summed E-state index contributed by atoms with van der Waals surface area (Å²) in [6.07, 6.45) is 4.62. The van der Waals surface area contributed by atoms with E-state index < -0.39 is 0 Å². The molecule has 12 aromatic rings. The molecule has 0 amide bonds.